The van der Waals surface area contributed by atoms with Crippen LogP contribution in [-0.4, -0.2) is 42.0 Å². The highest BCUT2D eigenvalue weighted by atomic mass is 16.6. The van der Waals surface area contributed by atoms with E-state index < -0.39 is 17.7 Å². The average molecular weight is 313 g/mol. The van der Waals surface area contributed by atoms with E-state index in [0.29, 0.717) is 13.2 Å². The van der Waals surface area contributed by atoms with E-state index in [-0.39, 0.29) is 29.3 Å². The van der Waals surface area contributed by atoms with Gasteiger partial charge in [-0.3, -0.25) is 4.79 Å². The normalized spacial score (nSPS) is 33.3. The van der Waals surface area contributed by atoms with Gasteiger partial charge in [-0.15, -0.1) is 0 Å². The van der Waals surface area contributed by atoms with Gasteiger partial charge in [-0.2, -0.15) is 0 Å². The zero-order chi connectivity index (χ0) is 16.7. The third-order valence-electron chi connectivity index (χ3n) is 4.70. The van der Waals surface area contributed by atoms with E-state index in [4.69, 9.17) is 9.47 Å². The van der Waals surface area contributed by atoms with Crippen molar-refractivity contribution in [2.24, 2.45) is 23.2 Å². The fraction of sp³-hybridized carbons (Fsp3) is 0.875. The molecule has 1 saturated heterocycles. The minimum Gasteiger partial charge on any atom is -0.481 e. The van der Waals surface area contributed by atoms with E-state index in [9.17, 15) is 14.7 Å². The molecule has 126 valence electrons. The fourth-order valence-electron chi connectivity index (χ4n) is 3.56. The van der Waals surface area contributed by atoms with Gasteiger partial charge in [0, 0.05) is 25.0 Å². The zero-order valence-corrected chi connectivity index (χ0v) is 14.0. The number of aliphatic carboxylic acids is 1. The number of carbonyl (C=O) groups is 2. The van der Waals surface area contributed by atoms with E-state index in [1.165, 1.54) is 0 Å². The number of ether oxygens (including phenoxy) is 2. The van der Waals surface area contributed by atoms with Crippen LogP contribution in [0.5, 0.6) is 0 Å². The van der Waals surface area contributed by atoms with Gasteiger partial charge in [0.25, 0.3) is 0 Å². The second-order valence-electron chi connectivity index (χ2n) is 7.93. The number of alkyl carbamates (subject to hydrolysis) is 1. The van der Waals surface area contributed by atoms with Gasteiger partial charge in [0.05, 0.1) is 12.0 Å². The van der Waals surface area contributed by atoms with Crippen molar-refractivity contribution in [1.82, 2.24) is 5.32 Å². The summed E-state index contributed by atoms with van der Waals surface area (Å²) in [7, 11) is 0. The van der Waals surface area contributed by atoms with Crippen LogP contribution in [0.25, 0.3) is 0 Å². The number of carboxylic acid groups (broad SMARTS) is 1. The lowest BCUT2D eigenvalue weighted by atomic mass is 9.94. The third-order valence-corrected chi connectivity index (χ3v) is 4.70. The molecule has 2 fully saturated rings. The minimum absolute atomic E-state index is 0.0120. The van der Waals surface area contributed by atoms with Gasteiger partial charge in [0.15, 0.2) is 0 Å². The van der Waals surface area contributed by atoms with E-state index in [1.807, 2.05) is 34.6 Å². The van der Waals surface area contributed by atoms with Crippen molar-refractivity contribution in [3.8, 4) is 0 Å². The first-order valence-corrected chi connectivity index (χ1v) is 7.85. The number of nitrogens with one attached hydrogen (secondary N) is 1. The molecule has 1 aliphatic heterocycles. The van der Waals surface area contributed by atoms with Crippen LogP contribution in [0.1, 0.15) is 41.0 Å². The molecule has 1 unspecified atom stereocenters. The highest BCUT2D eigenvalue weighted by Crippen LogP contribution is 2.62. The summed E-state index contributed by atoms with van der Waals surface area (Å²) < 4.78 is 11.0. The van der Waals surface area contributed by atoms with Crippen LogP contribution in [-0.2, 0) is 14.3 Å². The van der Waals surface area contributed by atoms with Gasteiger partial charge >= 0.3 is 12.1 Å². The lowest BCUT2D eigenvalue weighted by Crippen LogP contribution is -2.38. The highest BCUT2D eigenvalue weighted by Gasteiger charge is 2.66. The Hall–Kier alpha value is -1.30. The maximum Gasteiger partial charge on any atom is 0.407 e. The molecule has 1 aliphatic carbocycles. The Kier molecular flexibility index (Phi) is 4.44. The fourth-order valence-corrected chi connectivity index (χ4v) is 3.56. The predicted octanol–water partition coefficient (Wildman–Crippen LogP) is 2.27. The van der Waals surface area contributed by atoms with Crippen molar-refractivity contribution >= 4 is 12.1 Å². The van der Waals surface area contributed by atoms with Gasteiger partial charge in [-0.1, -0.05) is 13.8 Å². The summed E-state index contributed by atoms with van der Waals surface area (Å²) in [6.07, 6.45) is 0.286. The van der Waals surface area contributed by atoms with Crippen LogP contribution in [0.4, 0.5) is 4.79 Å². The molecule has 0 radical (unpaired) electrons. The SMILES string of the molecule is CC(C)(C)OC(=O)NC[C@@H]1CCOC1[C@H]1[C@H](C(=O)O)C1(C)C. The first-order chi connectivity index (χ1) is 10.0. The molecule has 0 aromatic heterocycles. The molecule has 22 heavy (non-hydrogen) atoms. The topological polar surface area (TPSA) is 84.9 Å². The second-order valence-corrected chi connectivity index (χ2v) is 7.93. The predicted molar refractivity (Wildman–Crippen MR) is 80.5 cm³/mol. The summed E-state index contributed by atoms with van der Waals surface area (Å²) >= 11 is 0. The molecule has 6 heteroatoms. The van der Waals surface area contributed by atoms with Crippen LogP contribution < -0.4 is 5.32 Å². The Morgan fingerprint density at radius 3 is 2.50 bits per heavy atom. The smallest absolute Gasteiger partial charge is 0.407 e. The van der Waals surface area contributed by atoms with Gasteiger partial charge in [0.2, 0.25) is 0 Å². The Morgan fingerprint density at radius 2 is 2.00 bits per heavy atom. The highest BCUT2D eigenvalue weighted by molar-refractivity contribution is 5.75. The monoisotopic (exact) mass is 313 g/mol. The second kappa shape index (κ2) is 5.72. The average Bonchev–Trinajstić information content (AvgIpc) is 2.70. The standard InChI is InChI=1S/C16H27NO5/c1-15(2,3)22-14(20)17-8-9-6-7-21-12(9)10-11(13(18)19)16(10,4)5/h9-12H,6-8H2,1-5H3,(H,17,20)(H,18,19)/t9-,10+,11+,12?/m0/s1. The number of carbonyl (C=O) groups excluding carboxylic acids is 1. The molecule has 0 spiro atoms. The molecule has 2 N–H and O–H groups in total. The maximum atomic E-state index is 11.7. The lowest BCUT2D eigenvalue weighted by Gasteiger charge is -2.23. The summed E-state index contributed by atoms with van der Waals surface area (Å²) in [6.45, 7) is 10.5. The van der Waals surface area contributed by atoms with E-state index >= 15 is 0 Å². The van der Waals surface area contributed by atoms with Crippen molar-refractivity contribution in [3.05, 3.63) is 0 Å². The Morgan fingerprint density at radius 1 is 1.36 bits per heavy atom. The number of hydrogen-bond acceptors (Lipinski definition) is 4. The summed E-state index contributed by atoms with van der Waals surface area (Å²) in [5.41, 5.74) is -0.770. The molecule has 6 nitrogen and oxygen atoms in total. The minimum atomic E-state index is -0.760. The van der Waals surface area contributed by atoms with E-state index in [2.05, 4.69) is 5.32 Å². The Bertz CT molecular complexity index is 454. The summed E-state index contributed by atoms with van der Waals surface area (Å²) in [4.78, 5) is 23.1. The number of rotatable bonds is 4. The van der Waals surface area contributed by atoms with E-state index in [0.717, 1.165) is 6.42 Å². The molecule has 1 saturated carbocycles. The third kappa shape index (κ3) is 3.54. The maximum absolute atomic E-state index is 11.7. The lowest BCUT2D eigenvalue weighted by molar-refractivity contribution is -0.139. The molecular formula is C16H27NO5. The molecular weight excluding hydrogens is 286 g/mol. The first kappa shape index (κ1) is 17.1. The van der Waals surface area contributed by atoms with Crippen LogP contribution in [0.2, 0.25) is 0 Å². The molecule has 0 aromatic rings. The summed E-state index contributed by atoms with van der Waals surface area (Å²) in [5, 5.41) is 12.1. The number of amides is 1. The summed E-state index contributed by atoms with van der Waals surface area (Å²) in [5.74, 6) is -0.969. The molecule has 2 aliphatic rings. The van der Waals surface area contributed by atoms with Crippen molar-refractivity contribution in [3.63, 3.8) is 0 Å². The van der Waals surface area contributed by atoms with Gasteiger partial charge < -0.3 is 19.9 Å². The zero-order valence-electron chi connectivity index (χ0n) is 14.0. The number of carboxylic acids is 1. The molecule has 0 aromatic carbocycles. The van der Waals surface area contributed by atoms with Gasteiger partial charge in [0.1, 0.15) is 5.60 Å². The Labute approximate surface area is 131 Å². The Balaban J connectivity index is 1.90. The van der Waals surface area contributed by atoms with E-state index in [1.54, 1.807) is 0 Å². The molecule has 2 rings (SSSR count). The number of hydrogen-bond donors (Lipinski definition) is 2. The first-order valence-electron chi connectivity index (χ1n) is 7.85. The quantitative estimate of drug-likeness (QED) is 0.831. The molecule has 1 amide bonds. The van der Waals surface area contributed by atoms with Crippen molar-refractivity contribution in [2.75, 3.05) is 13.2 Å². The molecule has 4 atom stereocenters. The summed E-state index contributed by atoms with van der Waals surface area (Å²) in [6, 6.07) is 0. The van der Waals surface area contributed by atoms with Crippen LogP contribution in [0.3, 0.4) is 0 Å². The largest absolute Gasteiger partial charge is 0.481 e. The van der Waals surface area contributed by atoms with Crippen molar-refractivity contribution in [1.29, 1.82) is 0 Å². The van der Waals surface area contributed by atoms with Gasteiger partial charge in [-0.05, 0) is 32.6 Å². The van der Waals surface area contributed by atoms with Crippen LogP contribution in [0, 0.1) is 23.2 Å². The molecule has 1 heterocycles. The van der Waals surface area contributed by atoms with Crippen molar-refractivity contribution < 1.29 is 24.2 Å². The van der Waals surface area contributed by atoms with Gasteiger partial charge in [-0.25, -0.2) is 4.79 Å². The molecule has 0 bridgehead atoms. The van der Waals surface area contributed by atoms with Crippen LogP contribution >= 0.6 is 0 Å². The van der Waals surface area contributed by atoms with Crippen LogP contribution in [0.15, 0.2) is 0 Å². The van der Waals surface area contributed by atoms with Crippen molar-refractivity contribution in [2.45, 2.75) is 52.7 Å².